The standard InChI is InChI=1S/C22H23N3O2/c1-13(24-15(3)26)12-27-17-5-6-21-19(10-17)20-9-16-11-23-8-7-18(16)14(2)22(20)25(21)4/h5-11,13H,12H2,1-4H3,(H,24,26). The Morgan fingerprint density at radius 3 is 2.81 bits per heavy atom. The summed E-state index contributed by atoms with van der Waals surface area (Å²) in [5.74, 6) is 0.753. The van der Waals surface area contributed by atoms with Crippen LogP contribution >= 0.6 is 0 Å². The lowest BCUT2D eigenvalue weighted by atomic mass is 10.0. The molecule has 0 aliphatic rings. The average Bonchev–Trinajstić information content (AvgIpc) is 2.92. The molecule has 2 heterocycles. The maximum atomic E-state index is 11.2. The van der Waals surface area contributed by atoms with E-state index in [0.717, 1.165) is 16.5 Å². The van der Waals surface area contributed by atoms with Crippen LogP contribution in [0.1, 0.15) is 19.4 Å². The van der Waals surface area contributed by atoms with Crippen molar-refractivity contribution >= 4 is 38.5 Å². The van der Waals surface area contributed by atoms with E-state index in [2.05, 4.69) is 53.1 Å². The van der Waals surface area contributed by atoms with Gasteiger partial charge in [-0.2, -0.15) is 0 Å². The van der Waals surface area contributed by atoms with Gasteiger partial charge in [-0.3, -0.25) is 9.78 Å². The summed E-state index contributed by atoms with van der Waals surface area (Å²) in [5, 5.41) is 7.56. The van der Waals surface area contributed by atoms with Crippen molar-refractivity contribution in [1.82, 2.24) is 14.9 Å². The van der Waals surface area contributed by atoms with E-state index >= 15 is 0 Å². The van der Waals surface area contributed by atoms with Crippen LogP contribution in [0.25, 0.3) is 32.6 Å². The van der Waals surface area contributed by atoms with E-state index in [0.29, 0.717) is 6.61 Å². The number of nitrogens with zero attached hydrogens (tertiary/aromatic N) is 2. The molecule has 138 valence electrons. The first-order valence-corrected chi connectivity index (χ1v) is 9.11. The van der Waals surface area contributed by atoms with Gasteiger partial charge in [-0.1, -0.05) is 0 Å². The third-order valence-electron chi connectivity index (χ3n) is 5.07. The largest absolute Gasteiger partial charge is 0.491 e. The number of nitrogens with one attached hydrogen (secondary N) is 1. The van der Waals surface area contributed by atoms with Gasteiger partial charge in [0.15, 0.2) is 0 Å². The number of hydrogen-bond acceptors (Lipinski definition) is 3. The van der Waals surface area contributed by atoms with Gasteiger partial charge in [-0.05, 0) is 55.1 Å². The summed E-state index contributed by atoms with van der Waals surface area (Å²) in [5.41, 5.74) is 3.65. The van der Waals surface area contributed by atoms with Crippen LogP contribution in [-0.2, 0) is 11.8 Å². The molecule has 1 atom stereocenters. The molecule has 0 aliphatic carbocycles. The predicted molar refractivity (Wildman–Crippen MR) is 109 cm³/mol. The lowest BCUT2D eigenvalue weighted by Gasteiger charge is -2.14. The zero-order chi connectivity index (χ0) is 19.1. The predicted octanol–water partition coefficient (Wildman–Crippen LogP) is 4.09. The third kappa shape index (κ3) is 2.99. The van der Waals surface area contributed by atoms with Gasteiger partial charge < -0.3 is 14.6 Å². The van der Waals surface area contributed by atoms with Crippen LogP contribution in [0.5, 0.6) is 5.75 Å². The first kappa shape index (κ1) is 17.3. The minimum atomic E-state index is -0.0495. The maximum absolute atomic E-state index is 11.2. The van der Waals surface area contributed by atoms with Gasteiger partial charge >= 0.3 is 0 Å². The van der Waals surface area contributed by atoms with Crippen molar-refractivity contribution in [2.24, 2.45) is 7.05 Å². The van der Waals surface area contributed by atoms with Crippen LogP contribution in [0.3, 0.4) is 0 Å². The summed E-state index contributed by atoms with van der Waals surface area (Å²) in [7, 11) is 2.10. The van der Waals surface area contributed by atoms with Crippen molar-refractivity contribution < 1.29 is 9.53 Å². The second-order valence-corrected chi connectivity index (χ2v) is 7.15. The second-order valence-electron chi connectivity index (χ2n) is 7.15. The van der Waals surface area contributed by atoms with E-state index in [1.807, 2.05) is 25.4 Å². The number of benzene rings is 2. The van der Waals surface area contributed by atoms with E-state index in [4.69, 9.17) is 4.74 Å². The molecule has 2 aromatic heterocycles. The number of carbonyl (C=O) groups is 1. The molecule has 0 fully saturated rings. The first-order valence-electron chi connectivity index (χ1n) is 9.11. The molecule has 0 saturated carbocycles. The van der Waals surface area contributed by atoms with Crippen molar-refractivity contribution in [3.8, 4) is 5.75 Å². The molecule has 5 heteroatoms. The van der Waals surface area contributed by atoms with Crippen molar-refractivity contribution in [1.29, 1.82) is 0 Å². The van der Waals surface area contributed by atoms with Crippen LogP contribution in [0, 0.1) is 6.92 Å². The number of aromatic nitrogens is 2. The molecule has 1 N–H and O–H groups in total. The van der Waals surface area contributed by atoms with E-state index in [-0.39, 0.29) is 11.9 Å². The lowest BCUT2D eigenvalue weighted by Crippen LogP contribution is -2.35. The lowest BCUT2D eigenvalue weighted by molar-refractivity contribution is -0.119. The molecular weight excluding hydrogens is 338 g/mol. The van der Waals surface area contributed by atoms with Gasteiger partial charge in [0.25, 0.3) is 0 Å². The maximum Gasteiger partial charge on any atom is 0.217 e. The first-order chi connectivity index (χ1) is 13.0. The third-order valence-corrected chi connectivity index (χ3v) is 5.07. The second kappa shape index (κ2) is 6.58. The molecule has 4 aromatic rings. The van der Waals surface area contributed by atoms with Crippen molar-refractivity contribution in [2.75, 3.05) is 6.61 Å². The molecular formula is C22H23N3O2. The quantitative estimate of drug-likeness (QED) is 0.596. The highest BCUT2D eigenvalue weighted by molar-refractivity contribution is 6.14. The highest BCUT2D eigenvalue weighted by Crippen LogP contribution is 2.36. The van der Waals surface area contributed by atoms with Gasteiger partial charge in [0, 0.05) is 48.0 Å². The fourth-order valence-electron chi connectivity index (χ4n) is 3.90. The number of pyridine rings is 1. The Balaban J connectivity index is 1.81. The number of ether oxygens (including phenoxy) is 1. The van der Waals surface area contributed by atoms with Crippen molar-refractivity contribution in [3.05, 3.63) is 48.3 Å². The highest BCUT2D eigenvalue weighted by atomic mass is 16.5. The Morgan fingerprint density at radius 1 is 1.22 bits per heavy atom. The van der Waals surface area contributed by atoms with Crippen molar-refractivity contribution in [3.63, 3.8) is 0 Å². The number of hydrogen-bond donors (Lipinski definition) is 1. The minimum Gasteiger partial charge on any atom is -0.491 e. The van der Waals surface area contributed by atoms with Gasteiger partial charge in [0.2, 0.25) is 5.91 Å². The van der Waals surface area contributed by atoms with Crippen LogP contribution in [-0.4, -0.2) is 28.1 Å². The zero-order valence-electron chi connectivity index (χ0n) is 16.0. The Hall–Kier alpha value is -3.08. The topological polar surface area (TPSA) is 56.1 Å². The molecule has 0 spiro atoms. The van der Waals surface area contributed by atoms with Gasteiger partial charge in [-0.25, -0.2) is 0 Å². The van der Waals surface area contributed by atoms with Gasteiger partial charge in [0.1, 0.15) is 12.4 Å². The molecule has 27 heavy (non-hydrogen) atoms. The number of aryl methyl sites for hydroxylation is 2. The van der Waals surface area contributed by atoms with Gasteiger partial charge in [0.05, 0.1) is 11.6 Å². The normalized spacial score (nSPS) is 12.6. The summed E-state index contributed by atoms with van der Waals surface area (Å²) in [4.78, 5) is 15.4. The number of rotatable bonds is 4. The number of carbonyl (C=O) groups excluding carboxylic acids is 1. The Labute approximate surface area is 157 Å². The monoisotopic (exact) mass is 361 g/mol. The van der Waals surface area contributed by atoms with E-state index in [1.165, 1.54) is 34.3 Å². The van der Waals surface area contributed by atoms with Crippen LogP contribution in [0.2, 0.25) is 0 Å². The van der Waals surface area contributed by atoms with E-state index in [9.17, 15) is 4.79 Å². The smallest absolute Gasteiger partial charge is 0.217 e. The summed E-state index contributed by atoms with van der Waals surface area (Å²) >= 11 is 0. The van der Waals surface area contributed by atoms with Gasteiger partial charge in [-0.15, -0.1) is 0 Å². The van der Waals surface area contributed by atoms with Crippen LogP contribution in [0.15, 0.2) is 42.7 Å². The fraction of sp³-hybridized carbons (Fsp3) is 0.273. The highest BCUT2D eigenvalue weighted by Gasteiger charge is 2.14. The summed E-state index contributed by atoms with van der Waals surface area (Å²) in [6.45, 7) is 6.04. The summed E-state index contributed by atoms with van der Waals surface area (Å²) in [6, 6.07) is 10.4. The molecule has 5 nitrogen and oxygen atoms in total. The fourth-order valence-corrected chi connectivity index (χ4v) is 3.90. The molecule has 1 amide bonds. The molecule has 2 aromatic carbocycles. The number of fused-ring (bicyclic) bond motifs is 4. The molecule has 0 radical (unpaired) electrons. The molecule has 0 aliphatic heterocycles. The zero-order valence-corrected chi connectivity index (χ0v) is 16.0. The average molecular weight is 361 g/mol. The Kier molecular flexibility index (Phi) is 4.22. The Bertz CT molecular complexity index is 1180. The molecule has 0 bridgehead atoms. The van der Waals surface area contributed by atoms with Crippen LogP contribution < -0.4 is 10.1 Å². The SMILES string of the molecule is CC(=O)NC(C)COc1ccc2c(c1)c1cc3cnccc3c(C)c1n2C. The van der Waals surface area contributed by atoms with E-state index < -0.39 is 0 Å². The Morgan fingerprint density at radius 2 is 2.04 bits per heavy atom. The summed E-state index contributed by atoms with van der Waals surface area (Å²) < 4.78 is 8.16. The molecule has 4 rings (SSSR count). The summed E-state index contributed by atoms with van der Waals surface area (Å²) in [6.07, 6.45) is 3.75. The number of amides is 1. The van der Waals surface area contributed by atoms with Crippen molar-refractivity contribution in [2.45, 2.75) is 26.8 Å². The minimum absolute atomic E-state index is 0.0389. The molecule has 1 unspecified atom stereocenters. The van der Waals surface area contributed by atoms with E-state index in [1.54, 1.807) is 0 Å². The molecule has 0 saturated heterocycles. The van der Waals surface area contributed by atoms with Crippen LogP contribution in [0.4, 0.5) is 0 Å².